The smallest absolute Gasteiger partial charge is 0.333 e. The van der Waals surface area contributed by atoms with Crippen LogP contribution in [0.3, 0.4) is 0 Å². The van der Waals surface area contributed by atoms with E-state index in [2.05, 4.69) is 11.7 Å². The van der Waals surface area contributed by atoms with Crippen molar-refractivity contribution in [1.82, 2.24) is 0 Å². The van der Waals surface area contributed by atoms with Gasteiger partial charge < -0.3 is 4.74 Å². The number of hydrogen-bond acceptors (Lipinski definition) is 2. The van der Waals surface area contributed by atoms with Gasteiger partial charge in [0.05, 0.1) is 6.61 Å². The van der Waals surface area contributed by atoms with Gasteiger partial charge in [0.15, 0.2) is 0 Å². The molecule has 0 rings (SSSR count). The minimum absolute atomic E-state index is 0.315. The molecule has 0 bridgehead atoms. The zero-order valence-corrected chi connectivity index (χ0v) is 6.52. The van der Waals surface area contributed by atoms with E-state index < -0.39 is 0 Å². The Morgan fingerprint density at radius 1 is 1.60 bits per heavy atom. The van der Waals surface area contributed by atoms with E-state index in [-0.39, 0.29) is 5.97 Å². The lowest BCUT2D eigenvalue weighted by Crippen LogP contribution is -2.04. The monoisotopic (exact) mass is 141 g/mol. The fraction of sp³-hybridized carbons (Fsp3) is 0.500. The lowest BCUT2D eigenvalue weighted by atomic mass is 10.2. The van der Waals surface area contributed by atoms with Crippen LogP contribution in [0.2, 0.25) is 0 Å². The number of hydrogen-bond donors (Lipinski definition) is 0. The number of rotatable bonds is 3. The molecule has 0 aromatic carbocycles. The molecule has 57 valence electrons. The maximum atomic E-state index is 10.8. The highest BCUT2D eigenvalue weighted by molar-refractivity contribution is 5.89. The molecule has 0 atom stereocenters. The summed E-state index contributed by atoms with van der Waals surface area (Å²) in [5.74, 6) is -0.315. The Labute approximate surface area is 61.9 Å². The summed E-state index contributed by atoms with van der Waals surface area (Å²) in [4.78, 5) is 10.8. The molecule has 0 saturated carbocycles. The van der Waals surface area contributed by atoms with Gasteiger partial charge >= 0.3 is 5.97 Å². The van der Waals surface area contributed by atoms with E-state index in [1.54, 1.807) is 13.0 Å². The van der Waals surface area contributed by atoms with Crippen LogP contribution in [0, 0.1) is 6.92 Å². The van der Waals surface area contributed by atoms with Gasteiger partial charge in [-0.25, -0.2) is 4.79 Å². The Hall–Kier alpha value is -0.790. The molecule has 1 radical (unpaired) electrons. The van der Waals surface area contributed by atoms with E-state index in [1.807, 2.05) is 6.92 Å². The number of allylic oxidation sites excluding steroid dienone is 1. The number of esters is 1. The number of ether oxygens (including phenoxy) is 1. The van der Waals surface area contributed by atoms with Crippen LogP contribution in [-0.2, 0) is 9.53 Å². The van der Waals surface area contributed by atoms with Crippen LogP contribution < -0.4 is 0 Å². The first-order valence-corrected chi connectivity index (χ1v) is 3.41. The highest BCUT2D eigenvalue weighted by Crippen LogP contribution is 1.96. The predicted octanol–water partition coefficient (Wildman–Crippen LogP) is 1.72. The molecule has 0 spiro atoms. The Kier molecular flexibility index (Phi) is 4.63. The Morgan fingerprint density at radius 2 is 2.20 bits per heavy atom. The Balaban J connectivity index is 3.82. The van der Waals surface area contributed by atoms with Gasteiger partial charge in [-0.2, -0.15) is 0 Å². The minimum atomic E-state index is -0.315. The molecule has 2 nitrogen and oxygen atoms in total. The van der Waals surface area contributed by atoms with Crippen molar-refractivity contribution in [2.24, 2.45) is 0 Å². The van der Waals surface area contributed by atoms with Gasteiger partial charge in [-0.3, -0.25) is 0 Å². The van der Waals surface area contributed by atoms with E-state index in [0.717, 1.165) is 6.42 Å². The summed E-state index contributed by atoms with van der Waals surface area (Å²) in [5, 5.41) is 0. The summed E-state index contributed by atoms with van der Waals surface area (Å²) in [5.41, 5.74) is 0.448. The summed E-state index contributed by atoms with van der Waals surface area (Å²) >= 11 is 0. The molecule has 2 heteroatoms. The molecular formula is C8H13O2. The van der Waals surface area contributed by atoms with Crippen LogP contribution in [0.15, 0.2) is 11.6 Å². The standard InChI is InChI=1S/C8H13O2/c1-4-6-7(3)8(9)10-5-2/h6H,3-5H2,1-2H3/b7-6-. The van der Waals surface area contributed by atoms with Crippen molar-refractivity contribution in [3.8, 4) is 0 Å². The molecule has 0 aliphatic heterocycles. The van der Waals surface area contributed by atoms with Crippen LogP contribution in [0.1, 0.15) is 20.3 Å². The van der Waals surface area contributed by atoms with Gasteiger partial charge in [0.1, 0.15) is 0 Å². The summed E-state index contributed by atoms with van der Waals surface area (Å²) in [6, 6.07) is 0. The van der Waals surface area contributed by atoms with Gasteiger partial charge in [0.2, 0.25) is 0 Å². The molecule has 0 amide bonds. The molecule has 0 N–H and O–H groups in total. The van der Waals surface area contributed by atoms with Crippen LogP contribution in [0.4, 0.5) is 0 Å². The summed E-state index contributed by atoms with van der Waals surface area (Å²) in [6.45, 7) is 7.67. The van der Waals surface area contributed by atoms with E-state index in [4.69, 9.17) is 0 Å². The summed E-state index contributed by atoms with van der Waals surface area (Å²) < 4.78 is 4.69. The summed E-state index contributed by atoms with van der Waals surface area (Å²) in [6.07, 6.45) is 2.57. The van der Waals surface area contributed by atoms with Crippen molar-refractivity contribution in [2.45, 2.75) is 20.3 Å². The summed E-state index contributed by atoms with van der Waals surface area (Å²) in [7, 11) is 0. The quantitative estimate of drug-likeness (QED) is 0.442. The molecule has 0 aliphatic rings. The molecule has 0 aromatic rings. The number of carbonyl (C=O) groups is 1. The lowest BCUT2D eigenvalue weighted by molar-refractivity contribution is -0.138. The average molecular weight is 141 g/mol. The SMILES string of the molecule is [CH2]/C(=C/CC)C(=O)OCC. The zero-order chi connectivity index (χ0) is 7.98. The maximum absolute atomic E-state index is 10.8. The van der Waals surface area contributed by atoms with Crippen molar-refractivity contribution in [2.75, 3.05) is 6.61 Å². The topological polar surface area (TPSA) is 26.3 Å². The van der Waals surface area contributed by atoms with Gasteiger partial charge in [0.25, 0.3) is 0 Å². The number of carbonyl (C=O) groups excluding carboxylic acids is 1. The second-order valence-electron chi connectivity index (χ2n) is 1.86. The van der Waals surface area contributed by atoms with Gasteiger partial charge in [-0.15, -0.1) is 0 Å². The molecular weight excluding hydrogens is 128 g/mol. The van der Waals surface area contributed by atoms with Crippen molar-refractivity contribution in [3.63, 3.8) is 0 Å². The first-order valence-electron chi connectivity index (χ1n) is 3.41. The first kappa shape index (κ1) is 9.21. The highest BCUT2D eigenvalue weighted by Gasteiger charge is 2.01. The molecule has 0 aromatic heterocycles. The molecule has 0 heterocycles. The second kappa shape index (κ2) is 5.03. The average Bonchev–Trinajstić information content (AvgIpc) is 1.89. The molecule has 0 aliphatic carbocycles. The molecule has 0 fully saturated rings. The molecule has 0 saturated heterocycles. The second-order valence-corrected chi connectivity index (χ2v) is 1.86. The highest BCUT2D eigenvalue weighted by atomic mass is 16.5. The van der Waals surface area contributed by atoms with E-state index in [0.29, 0.717) is 12.2 Å². The van der Waals surface area contributed by atoms with E-state index in [9.17, 15) is 4.79 Å². The fourth-order valence-electron chi connectivity index (χ4n) is 0.554. The first-order chi connectivity index (χ1) is 4.72. The van der Waals surface area contributed by atoms with Crippen molar-refractivity contribution in [3.05, 3.63) is 18.6 Å². The van der Waals surface area contributed by atoms with E-state index >= 15 is 0 Å². The zero-order valence-electron chi connectivity index (χ0n) is 6.52. The van der Waals surface area contributed by atoms with Crippen LogP contribution >= 0.6 is 0 Å². The van der Waals surface area contributed by atoms with Crippen LogP contribution in [-0.4, -0.2) is 12.6 Å². The van der Waals surface area contributed by atoms with Crippen molar-refractivity contribution in [1.29, 1.82) is 0 Å². The van der Waals surface area contributed by atoms with Crippen molar-refractivity contribution < 1.29 is 9.53 Å². The Bertz CT molecular complexity index is 136. The van der Waals surface area contributed by atoms with Crippen LogP contribution in [0.25, 0.3) is 0 Å². The predicted molar refractivity (Wildman–Crippen MR) is 40.4 cm³/mol. The normalized spacial score (nSPS) is 11.3. The largest absolute Gasteiger partial charge is 0.463 e. The maximum Gasteiger partial charge on any atom is 0.333 e. The van der Waals surface area contributed by atoms with Crippen molar-refractivity contribution >= 4 is 5.97 Å². The van der Waals surface area contributed by atoms with Crippen LogP contribution in [0.5, 0.6) is 0 Å². The van der Waals surface area contributed by atoms with Gasteiger partial charge in [0, 0.05) is 5.57 Å². The Morgan fingerprint density at radius 3 is 2.60 bits per heavy atom. The third-order valence-electron chi connectivity index (χ3n) is 0.988. The molecule has 0 unspecified atom stereocenters. The third kappa shape index (κ3) is 3.28. The van der Waals surface area contributed by atoms with E-state index in [1.165, 1.54) is 0 Å². The lowest BCUT2D eigenvalue weighted by Gasteiger charge is -1.99. The molecule has 10 heavy (non-hydrogen) atoms. The van der Waals surface area contributed by atoms with Gasteiger partial charge in [-0.1, -0.05) is 13.0 Å². The fourth-order valence-corrected chi connectivity index (χ4v) is 0.554. The van der Waals surface area contributed by atoms with Gasteiger partial charge in [-0.05, 0) is 20.3 Å². The minimum Gasteiger partial charge on any atom is -0.463 e. The third-order valence-corrected chi connectivity index (χ3v) is 0.988.